The van der Waals surface area contributed by atoms with Gasteiger partial charge in [0.25, 0.3) is 5.91 Å². The van der Waals surface area contributed by atoms with Crippen molar-refractivity contribution >= 4 is 28.6 Å². The highest BCUT2D eigenvalue weighted by Crippen LogP contribution is 2.34. The maximum absolute atomic E-state index is 12.6. The summed E-state index contributed by atoms with van der Waals surface area (Å²) in [4.78, 5) is 14.0. The van der Waals surface area contributed by atoms with E-state index in [9.17, 15) is 4.79 Å². The quantitative estimate of drug-likeness (QED) is 0.774. The summed E-state index contributed by atoms with van der Waals surface area (Å²) in [5, 5.41) is 4.42. The Morgan fingerprint density at radius 2 is 1.88 bits per heavy atom. The molecule has 0 unspecified atom stereocenters. The Morgan fingerprint density at radius 3 is 2.50 bits per heavy atom. The van der Waals surface area contributed by atoms with E-state index in [-0.39, 0.29) is 5.91 Å². The maximum atomic E-state index is 12.6. The Bertz CT molecular complexity index is 799. The standard InChI is InChI=1S/C20H25N3O2S/c1-12-5-4-6-13(2)18(12)22-23-20(24)19-16(21)11-17(26-19)14-7-9-15(25-3)10-8-14/h7-13H,4-6,21H2,1-3H3,(H,23,24)/t12-,13+. The number of anilines is 1. The second-order valence-corrected chi connectivity index (χ2v) is 7.89. The molecule has 0 aliphatic heterocycles. The Morgan fingerprint density at radius 1 is 1.23 bits per heavy atom. The van der Waals surface area contributed by atoms with Crippen LogP contribution in [0.3, 0.4) is 0 Å². The largest absolute Gasteiger partial charge is 0.497 e. The summed E-state index contributed by atoms with van der Waals surface area (Å²) >= 11 is 1.38. The van der Waals surface area contributed by atoms with Crippen LogP contribution in [0, 0.1) is 11.8 Å². The lowest BCUT2D eigenvalue weighted by Crippen LogP contribution is -2.29. The minimum Gasteiger partial charge on any atom is -0.497 e. The lowest BCUT2D eigenvalue weighted by atomic mass is 9.81. The third-order valence-electron chi connectivity index (χ3n) is 4.91. The molecule has 3 rings (SSSR count). The second kappa shape index (κ2) is 7.91. The molecule has 0 bridgehead atoms. The molecular weight excluding hydrogens is 346 g/mol. The SMILES string of the molecule is COc1ccc(-c2cc(N)c(C(=O)NN=C3[C@H](C)CCC[C@@H]3C)s2)cc1. The number of hydrogen-bond acceptors (Lipinski definition) is 5. The summed E-state index contributed by atoms with van der Waals surface area (Å²) in [7, 11) is 1.64. The van der Waals surface area contributed by atoms with Gasteiger partial charge in [-0.2, -0.15) is 5.10 Å². The summed E-state index contributed by atoms with van der Waals surface area (Å²) in [6, 6.07) is 9.53. The van der Waals surface area contributed by atoms with Gasteiger partial charge in [-0.3, -0.25) is 4.79 Å². The number of amides is 1. The van der Waals surface area contributed by atoms with Crippen LogP contribution in [0.2, 0.25) is 0 Å². The number of methoxy groups -OCH3 is 1. The highest BCUT2D eigenvalue weighted by molar-refractivity contribution is 7.18. The van der Waals surface area contributed by atoms with Crippen molar-refractivity contribution in [3.63, 3.8) is 0 Å². The molecule has 1 heterocycles. The third-order valence-corrected chi connectivity index (χ3v) is 6.11. The molecule has 0 saturated heterocycles. The first kappa shape index (κ1) is 18.5. The van der Waals surface area contributed by atoms with Crippen molar-refractivity contribution in [1.82, 2.24) is 5.43 Å². The van der Waals surface area contributed by atoms with Gasteiger partial charge in [0.05, 0.1) is 12.8 Å². The molecule has 1 aliphatic rings. The molecule has 1 amide bonds. The Labute approximate surface area is 158 Å². The van der Waals surface area contributed by atoms with E-state index in [0.717, 1.165) is 34.7 Å². The fraction of sp³-hybridized carbons (Fsp3) is 0.400. The first-order valence-electron chi connectivity index (χ1n) is 8.91. The minimum absolute atomic E-state index is 0.246. The fourth-order valence-electron chi connectivity index (χ4n) is 3.38. The fourth-order valence-corrected chi connectivity index (χ4v) is 4.35. The molecule has 6 heteroatoms. The Balaban J connectivity index is 1.76. The van der Waals surface area contributed by atoms with Gasteiger partial charge in [0.2, 0.25) is 0 Å². The van der Waals surface area contributed by atoms with Gasteiger partial charge < -0.3 is 10.5 Å². The molecule has 1 aromatic heterocycles. The summed E-state index contributed by atoms with van der Waals surface area (Å²) in [5.74, 6) is 1.37. The van der Waals surface area contributed by atoms with Crippen molar-refractivity contribution < 1.29 is 9.53 Å². The monoisotopic (exact) mass is 371 g/mol. The van der Waals surface area contributed by atoms with Gasteiger partial charge in [-0.25, -0.2) is 5.43 Å². The van der Waals surface area contributed by atoms with E-state index in [2.05, 4.69) is 24.4 Å². The number of rotatable bonds is 4. The van der Waals surface area contributed by atoms with Crippen molar-refractivity contribution in [3.8, 4) is 16.2 Å². The number of nitrogens with one attached hydrogen (secondary N) is 1. The van der Waals surface area contributed by atoms with Crippen LogP contribution in [-0.4, -0.2) is 18.7 Å². The summed E-state index contributed by atoms with van der Waals surface area (Å²) in [6.07, 6.45) is 3.47. The van der Waals surface area contributed by atoms with Gasteiger partial charge in [-0.15, -0.1) is 11.3 Å². The van der Waals surface area contributed by atoms with Crippen LogP contribution < -0.4 is 15.9 Å². The smallest absolute Gasteiger partial charge is 0.283 e. The van der Waals surface area contributed by atoms with E-state index in [0.29, 0.717) is 22.4 Å². The van der Waals surface area contributed by atoms with Gasteiger partial charge in [0.15, 0.2) is 0 Å². The minimum atomic E-state index is -0.246. The molecule has 1 fully saturated rings. The number of benzene rings is 1. The van der Waals surface area contributed by atoms with Crippen LogP contribution >= 0.6 is 11.3 Å². The lowest BCUT2D eigenvalue weighted by molar-refractivity contribution is 0.0959. The van der Waals surface area contributed by atoms with Gasteiger partial charge in [-0.05, 0) is 60.6 Å². The molecule has 2 atom stereocenters. The molecule has 5 nitrogen and oxygen atoms in total. The molecule has 1 saturated carbocycles. The number of thiophene rings is 1. The van der Waals surface area contributed by atoms with E-state index in [1.54, 1.807) is 7.11 Å². The molecule has 2 aromatic rings. The lowest BCUT2D eigenvalue weighted by Gasteiger charge is -2.26. The van der Waals surface area contributed by atoms with Gasteiger partial charge >= 0.3 is 0 Å². The summed E-state index contributed by atoms with van der Waals surface area (Å²) in [6.45, 7) is 4.34. The van der Waals surface area contributed by atoms with E-state index < -0.39 is 0 Å². The van der Waals surface area contributed by atoms with E-state index in [4.69, 9.17) is 10.5 Å². The molecule has 0 spiro atoms. The first-order chi connectivity index (χ1) is 12.5. The van der Waals surface area contributed by atoms with Crippen LogP contribution in [0.5, 0.6) is 5.75 Å². The van der Waals surface area contributed by atoms with Crippen LogP contribution in [0.15, 0.2) is 35.4 Å². The number of hydrazone groups is 1. The highest BCUT2D eigenvalue weighted by Gasteiger charge is 2.23. The number of nitrogens with zero attached hydrogens (tertiary/aromatic N) is 1. The van der Waals surface area contributed by atoms with Crippen molar-refractivity contribution in [3.05, 3.63) is 35.2 Å². The van der Waals surface area contributed by atoms with Crippen LogP contribution in [0.4, 0.5) is 5.69 Å². The average molecular weight is 372 g/mol. The molecule has 138 valence electrons. The number of hydrogen-bond donors (Lipinski definition) is 2. The topological polar surface area (TPSA) is 76.7 Å². The van der Waals surface area contributed by atoms with Crippen LogP contribution in [-0.2, 0) is 0 Å². The first-order valence-corrected chi connectivity index (χ1v) is 9.72. The Kier molecular flexibility index (Phi) is 5.61. The van der Waals surface area contributed by atoms with Gasteiger partial charge in [-0.1, -0.05) is 20.3 Å². The zero-order chi connectivity index (χ0) is 18.7. The molecule has 1 aromatic carbocycles. The zero-order valence-corrected chi connectivity index (χ0v) is 16.2. The number of nitrogens with two attached hydrogens (primary N) is 1. The van der Waals surface area contributed by atoms with Crippen molar-refractivity contribution in [2.24, 2.45) is 16.9 Å². The van der Waals surface area contributed by atoms with Crippen LogP contribution in [0.1, 0.15) is 42.8 Å². The number of carbonyl (C=O) groups is 1. The number of nitrogen functional groups attached to an aromatic ring is 1. The highest BCUT2D eigenvalue weighted by atomic mass is 32.1. The third kappa shape index (κ3) is 3.90. The van der Waals surface area contributed by atoms with Crippen molar-refractivity contribution in [2.75, 3.05) is 12.8 Å². The second-order valence-electron chi connectivity index (χ2n) is 6.83. The number of ether oxygens (including phenoxy) is 1. The molecule has 26 heavy (non-hydrogen) atoms. The molecule has 1 aliphatic carbocycles. The zero-order valence-electron chi connectivity index (χ0n) is 15.4. The molecule has 0 radical (unpaired) electrons. The normalized spacial score (nSPS) is 21.6. The van der Waals surface area contributed by atoms with E-state index >= 15 is 0 Å². The van der Waals surface area contributed by atoms with Gasteiger partial charge in [0, 0.05) is 10.6 Å². The summed E-state index contributed by atoms with van der Waals surface area (Å²) in [5.41, 5.74) is 11.3. The summed E-state index contributed by atoms with van der Waals surface area (Å²) < 4.78 is 5.18. The van der Waals surface area contributed by atoms with Crippen molar-refractivity contribution in [1.29, 1.82) is 0 Å². The Hall–Kier alpha value is -2.34. The van der Waals surface area contributed by atoms with Crippen LogP contribution in [0.25, 0.3) is 10.4 Å². The molecular formula is C20H25N3O2S. The van der Waals surface area contributed by atoms with E-state index in [1.807, 2.05) is 30.3 Å². The van der Waals surface area contributed by atoms with E-state index in [1.165, 1.54) is 17.8 Å². The van der Waals surface area contributed by atoms with Gasteiger partial charge in [0.1, 0.15) is 10.6 Å². The molecule has 3 N–H and O–H groups in total. The number of carbonyl (C=O) groups excluding carboxylic acids is 1. The maximum Gasteiger partial charge on any atom is 0.283 e. The van der Waals surface area contributed by atoms with Crippen molar-refractivity contribution in [2.45, 2.75) is 33.1 Å². The predicted octanol–water partition coefficient (Wildman–Crippen LogP) is 4.55. The average Bonchev–Trinajstić information content (AvgIpc) is 3.03. The predicted molar refractivity (Wildman–Crippen MR) is 108 cm³/mol.